The Morgan fingerprint density at radius 3 is 2.79 bits per heavy atom. The van der Waals surface area contributed by atoms with Crippen LogP contribution in [0.15, 0.2) is 15.2 Å². The Morgan fingerprint density at radius 1 is 1.71 bits per heavy atom. The summed E-state index contributed by atoms with van der Waals surface area (Å²) in [4.78, 5) is 11.6. The van der Waals surface area contributed by atoms with Gasteiger partial charge in [-0.1, -0.05) is 0 Å². The summed E-state index contributed by atoms with van der Waals surface area (Å²) < 4.78 is 0.921. The van der Waals surface area contributed by atoms with Crippen molar-refractivity contribution in [2.75, 3.05) is 6.61 Å². The van der Waals surface area contributed by atoms with Gasteiger partial charge in [-0.2, -0.15) is 0 Å². The molecule has 14 heavy (non-hydrogen) atoms. The van der Waals surface area contributed by atoms with E-state index in [1.807, 2.05) is 0 Å². The highest BCUT2D eigenvalue weighted by molar-refractivity contribution is 9.11. The van der Waals surface area contributed by atoms with Crippen LogP contribution in [0.2, 0.25) is 0 Å². The van der Waals surface area contributed by atoms with Gasteiger partial charge < -0.3 is 10.4 Å². The smallest absolute Gasteiger partial charge is 0.252 e. The number of carbonyl (C=O) groups is 1. The molecular weight excluding hydrogens is 266 g/mol. The molecule has 1 aromatic rings. The van der Waals surface area contributed by atoms with Gasteiger partial charge in [-0.25, -0.2) is 0 Å². The third kappa shape index (κ3) is 3.08. The van der Waals surface area contributed by atoms with Gasteiger partial charge in [0, 0.05) is 5.38 Å². The van der Waals surface area contributed by atoms with E-state index in [0.717, 1.165) is 3.79 Å². The number of aliphatic hydroxyl groups excluding tert-OH is 1. The molecule has 0 aliphatic heterocycles. The fourth-order valence-corrected chi connectivity index (χ4v) is 1.98. The van der Waals surface area contributed by atoms with E-state index in [1.165, 1.54) is 11.3 Å². The van der Waals surface area contributed by atoms with Gasteiger partial charge in [-0.05, 0) is 35.8 Å². The SMILES string of the molecule is CC(C)(CO)NC(=O)c1csc(Br)c1. The zero-order valence-electron chi connectivity index (χ0n) is 8.00. The van der Waals surface area contributed by atoms with E-state index >= 15 is 0 Å². The molecule has 0 saturated heterocycles. The second-order valence-electron chi connectivity index (χ2n) is 3.64. The number of amides is 1. The summed E-state index contributed by atoms with van der Waals surface area (Å²) in [6.45, 7) is 3.46. The maximum atomic E-state index is 11.6. The highest BCUT2D eigenvalue weighted by atomic mass is 79.9. The van der Waals surface area contributed by atoms with E-state index in [1.54, 1.807) is 25.3 Å². The second-order valence-corrected chi connectivity index (χ2v) is 5.93. The minimum absolute atomic E-state index is 0.0793. The minimum Gasteiger partial charge on any atom is -0.394 e. The molecule has 1 heterocycles. The molecule has 0 fully saturated rings. The lowest BCUT2D eigenvalue weighted by molar-refractivity contribution is 0.0870. The highest BCUT2D eigenvalue weighted by Gasteiger charge is 2.20. The largest absolute Gasteiger partial charge is 0.394 e. The standard InChI is InChI=1S/C9H12BrNO2S/c1-9(2,5-12)11-8(13)6-3-7(10)14-4-6/h3-4,12H,5H2,1-2H3,(H,11,13). The third-order valence-corrected chi connectivity index (χ3v) is 3.18. The van der Waals surface area contributed by atoms with Gasteiger partial charge in [0.15, 0.2) is 0 Å². The van der Waals surface area contributed by atoms with Crippen molar-refractivity contribution in [3.05, 3.63) is 20.8 Å². The van der Waals surface area contributed by atoms with Gasteiger partial charge in [0.1, 0.15) is 0 Å². The first-order chi connectivity index (χ1) is 6.44. The molecule has 5 heteroatoms. The third-order valence-electron chi connectivity index (χ3n) is 1.68. The van der Waals surface area contributed by atoms with Crippen LogP contribution in [0.3, 0.4) is 0 Å². The molecule has 0 aliphatic rings. The van der Waals surface area contributed by atoms with Gasteiger partial charge in [0.2, 0.25) is 0 Å². The van der Waals surface area contributed by atoms with Crippen LogP contribution in [0.25, 0.3) is 0 Å². The van der Waals surface area contributed by atoms with Crippen LogP contribution in [-0.2, 0) is 0 Å². The van der Waals surface area contributed by atoms with Crippen LogP contribution in [0.4, 0.5) is 0 Å². The van der Waals surface area contributed by atoms with Gasteiger partial charge in [-0.15, -0.1) is 11.3 Å². The van der Waals surface area contributed by atoms with Crippen molar-refractivity contribution in [2.24, 2.45) is 0 Å². The number of hydrogen-bond donors (Lipinski definition) is 2. The summed E-state index contributed by atoms with van der Waals surface area (Å²) in [5.41, 5.74) is 0.0364. The van der Waals surface area contributed by atoms with Crippen molar-refractivity contribution in [2.45, 2.75) is 19.4 Å². The molecule has 2 N–H and O–H groups in total. The first-order valence-corrected chi connectivity index (χ1v) is 5.79. The molecule has 78 valence electrons. The number of nitrogens with one attached hydrogen (secondary N) is 1. The fraction of sp³-hybridized carbons (Fsp3) is 0.444. The Balaban J connectivity index is 2.68. The van der Waals surface area contributed by atoms with Crippen molar-refractivity contribution in [3.63, 3.8) is 0 Å². The maximum absolute atomic E-state index is 11.6. The molecule has 1 aromatic heterocycles. The molecule has 0 spiro atoms. The van der Waals surface area contributed by atoms with E-state index in [4.69, 9.17) is 5.11 Å². The quantitative estimate of drug-likeness (QED) is 0.888. The second kappa shape index (κ2) is 4.42. The highest BCUT2D eigenvalue weighted by Crippen LogP contribution is 2.20. The number of hydrogen-bond acceptors (Lipinski definition) is 3. The average Bonchev–Trinajstić information content (AvgIpc) is 2.51. The summed E-state index contributed by atoms with van der Waals surface area (Å²) >= 11 is 4.75. The van der Waals surface area contributed by atoms with Crippen LogP contribution in [-0.4, -0.2) is 23.2 Å². The summed E-state index contributed by atoms with van der Waals surface area (Å²) in [7, 11) is 0. The summed E-state index contributed by atoms with van der Waals surface area (Å²) in [5.74, 6) is -0.161. The predicted molar refractivity (Wildman–Crippen MR) is 60.7 cm³/mol. The topological polar surface area (TPSA) is 49.3 Å². The lowest BCUT2D eigenvalue weighted by atomic mass is 10.1. The molecule has 3 nitrogen and oxygen atoms in total. The molecule has 0 radical (unpaired) electrons. The maximum Gasteiger partial charge on any atom is 0.252 e. The van der Waals surface area contributed by atoms with Crippen LogP contribution in [0, 0.1) is 0 Å². The Kier molecular flexibility index (Phi) is 3.69. The first-order valence-electron chi connectivity index (χ1n) is 4.12. The lowest BCUT2D eigenvalue weighted by Crippen LogP contribution is -2.46. The van der Waals surface area contributed by atoms with E-state index in [9.17, 15) is 4.79 Å². The molecule has 0 unspecified atom stereocenters. The number of aliphatic hydroxyl groups is 1. The zero-order chi connectivity index (χ0) is 10.8. The van der Waals surface area contributed by atoms with E-state index in [2.05, 4.69) is 21.2 Å². The Morgan fingerprint density at radius 2 is 2.36 bits per heavy atom. The first kappa shape index (κ1) is 11.7. The monoisotopic (exact) mass is 277 g/mol. The van der Waals surface area contributed by atoms with Crippen LogP contribution in [0.5, 0.6) is 0 Å². The van der Waals surface area contributed by atoms with Gasteiger partial charge >= 0.3 is 0 Å². The Bertz CT molecular complexity index is 335. The average molecular weight is 278 g/mol. The van der Waals surface area contributed by atoms with Crippen molar-refractivity contribution in [1.82, 2.24) is 5.32 Å². The van der Waals surface area contributed by atoms with Crippen LogP contribution in [0.1, 0.15) is 24.2 Å². The summed E-state index contributed by atoms with van der Waals surface area (Å²) in [6.07, 6.45) is 0. The van der Waals surface area contributed by atoms with Crippen molar-refractivity contribution < 1.29 is 9.90 Å². The zero-order valence-corrected chi connectivity index (χ0v) is 10.4. The Labute approximate surface area is 95.3 Å². The molecule has 0 aromatic carbocycles. The fourth-order valence-electron chi connectivity index (χ4n) is 0.848. The van der Waals surface area contributed by atoms with Crippen LogP contribution < -0.4 is 5.32 Å². The molecule has 0 saturated carbocycles. The molecule has 1 rings (SSSR count). The number of halogens is 1. The van der Waals surface area contributed by atoms with E-state index in [0.29, 0.717) is 5.56 Å². The van der Waals surface area contributed by atoms with Crippen molar-refractivity contribution >= 4 is 33.2 Å². The molecule has 1 amide bonds. The normalized spacial score (nSPS) is 11.4. The van der Waals surface area contributed by atoms with E-state index in [-0.39, 0.29) is 12.5 Å². The molecular formula is C9H12BrNO2S. The summed E-state index contributed by atoms with van der Waals surface area (Å²) in [6, 6.07) is 1.76. The van der Waals surface area contributed by atoms with Gasteiger partial charge in [-0.3, -0.25) is 4.79 Å². The minimum atomic E-state index is -0.578. The number of thiophene rings is 1. The number of rotatable bonds is 3. The van der Waals surface area contributed by atoms with Crippen LogP contribution >= 0.6 is 27.3 Å². The van der Waals surface area contributed by atoms with Crippen molar-refractivity contribution in [3.8, 4) is 0 Å². The van der Waals surface area contributed by atoms with E-state index < -0.39 is 5.54 Å². The van der Waals surface area contributed by atoms with Gasteiger partial charge in [0.05, 0.1) is 21.5 Å². The molecule has 0 aliphatic carbocycles. The molecule has 0 bridgehead atoms. The lowest BCUT2D eigenvalue weighted by Gasteiger charge is -2.22. The van der Waals surface area contributed by atoms with Crippen molar-refractivity contribution in [1.29, 1.82) is 0 Å². The van der Waals surface area contributed by atoms with Gasteiger partial charge in [0.25, 0.3) is 5.91 Å². The molecule has 0 atom stereocenters. The summed E-state index contributed by atoms with van der Waals surface area (Å²) in [5, 5.41) is 13.5. The predicted octanol–water partition coefficient (Wildman–Crippen LogP) is 2.01. The Hall–Kier alpha value is -0.390. The number of carbonyl (C=O) groups excluding carboxylic acids is 1.